The Hall–Kier alpha value is -5.01. The van der Waals surface area contributed by atoms with Gasteiger partial charge < -0.3 is 0 Å². The van der Waals surface area contributed by atoms with E-state index in [0.717, 1.165) is 44.8 Å². The lowest BCUT2D eigenvalue weighted by atomic mass is 9.92. The molecular weight excluding hydrogens is 482 g/mol. The highest BCUT2D eigenvalue weighted by atomic mass is 14.8. The summed E-state index contributed by atoms with van der Waals surface area (Å²) >= 11 is 0. The number of aliphatic imine (C=N–C) groups is 1. The summed E-state index contributed by atoms with van der Waals surface area (Å²) in [5.41, 5.74) is 12.9. The number of benzene rings is 5. The summed E-state index contributed by atoms with van der Waals surface area (Å²) in [6.45, 7) is 12.7. The molecule has 0 aromatic heterocycles. The van der Waals surface area contributed by atoms with Crippen molar-refractivity contribution < 1.29 is 0 Å². The lowest BCUT2D eigenvalue weighted by Crippen LogP contribution is -2.06. The number of rotatable bonds is 8. The first-order valence-corrected chi connectivity index (χ1v) is 13.5. The van der Waals surface area contributed by atoms with Crippen LogP contribution in [-0.4, -0.2) is 5.71 Å². The zero-order chi connectivity index (χ0) is 27.9. The van der Waals surface area contributed by atoms with E-state index in [9.17, 15) is 0 Å². The molecule has 0 amide bonds. The highest BCUT2D eigenvalue weighted by molar-refractivity contribution is 6.18. The molecule has 5 aromatic carbocycles. The molecule has 0 unspecified atom stereocenters. The Labute approximate surface area is 238 Å². The minimum atomic E-state index is 0.728. The quantitative estimate of drug-likeness (QED) is 0.182. The lowest BCUT2D eigenvalue weighted by molar-refractivity contribution is 1.42. The van der Waals surface area contributed by atoms with E-state index >= 15 is 0 Å². The molecule has 5 aromatic rings. The minimum Gasteiger partial charge on any atom is -0.248 e. The lowest BCUT2D eigenvalue weighted by Gasteiger charge is -2.15. The molecule has 0 atom stereocenters. The van der Waals surface area contributed by atoms with Gasteiger partial charge in [0.1, 0.15) is 0 Å². The van der Waals surface area contributed by atoms with Crippen LogP contribution in [0.3, 0.4) is 0 Å². The van der Waals surface area contributed by atoms with Crippen molar-refractivity contribution in [2.24, 2.45) is 4.99 Å². The smallest absolute Gasteiger partial charge is 0.0741 e. The molecule has 0 heterocycles. The van der Waals surface area contributed by atoms with Gasteiger partial charge >= 0.3 is 0 Å². The van der Waals surface area contributed by atoms with Gasteiger partial charge in [-0.05, 0) is 63.9 Å². The maximum absolute atomic E-state index is 5.16. The van der Waals surface area contributed by atoms with Crippen molar-refractivity contribution in [1.29, 1.82) is 0 Å². The summed E-state index contributed by atoms with van der Waals surface area (Å²) in [6, 6.07) is 46.3. The molecule has 0 fully saturated rings. The Morgan fingerprint density at radius 3 is 1.52 bits per heavy atom. The normalized spacial score (nSPS) is 12.0. The predicted octanol–water partition coefficient (Wildman–Crippen LogP) is 10.6. The van der Waals surface area contributed by atoms with E-state index in [1.165, 1.54) is 22.3 Å². The van der Waals surface area contributed by atoms with Crippen molar-refractivity contribution >= 4 is 23.1 Å². The Morgan fingerprint density at radius 1 is 0.550 bits per heavy atom. The predicted molar refractivity (Wildman–Crippen MR) is 174 cm³/mol. The summed E-state index contributed by atoms with van der Waals surface area (Å²) in [6.07, 6.45) is 1.91. The average Bonchev–Trinajstić information content (AvgIpc) is 3.04. The van der Waals surface area contributed by atoms with Crippen molar-refractivity contribution in [2.75, 3.05) is 0 Å². The molecule has 40 heavy (non-hydrogen) atoms. The van der Waals surface area contributed by atoms with E-state index in [4.69, 9.17) is 4.99 Å². The summed E-state index contributed by atoms with van der Waals surface area (Å²) in [7, 11) is 0. The van der Waals surface area contributed by atoms with E-state index < -0.39 is 0 Å². The minimum absolute atomic E-state index is 0.728. The topological polar surface area (TPSA) is 12.4 Å². The summed E-state index contributed by atoms with van der Waals surface area (Å²) in [5, 5.41) is 0. The third-order valence-electron chi connectivity index (χ3n) is 7.34. The van der Waals surface area contributed by atoms with Crippen molar-refractivity contribution in [3.8, 4) is 22.3 Å². The second-order valence-corrected chi connectivity index (χ2v) is 9.84. The molecule has 0 N–H and O–H groups in total. The maximum Gasteiger partial charge on any atom is 0.0741 e. The third kappa shape index (κ3) is 5.85. The van der Waals surface area contributed by atoms with Gasteiger partial charge in [0.25, 0.3) is 0 Å². The molecule has 194 valence electrons. The summed E-state index contributed by atoms with van der Waals surface area (Å²) in [4.78, 5) is 5.16. The Kier molecular flexibility index (Phi) is 8.13. The first kappa shape index (κ1) is 26.6. The van der Waals surface area contributed by atoms with Crippen LogP contribution in [0.2, 0.25) is 0 Å². The summed E-state index contributed by atoms with van der Waals surface area (Å²) < 4.78 is 0. The molecular formula is C39H33N. The van der Waals surface area contributed by atoms with Crippen LogP contribution in [0.15, 0.2) is 157 Å². The highest BCUT2D eigenvalue weighted by Gasteiger charge is 2.14. The fourth-order valence-corrected chi connectivity index (χ4v) is 4.90. The zero-order valence-electron chi connectivity index (χ0n) is 23.1. The number of hydrogen-bond acceptors (Lipinski definition) is 1. The molecule has 0 aliphatic carbocycles. The number of hydrogen-bond donors (Lipinski definition) is 0. The van der Waals surface area contributed by atoms with Gasteiger partial charge in [0, 0.05) is 5.56 Å². The van der Waals surface area contributed by atoms with Crippen LogP contribution in [0.5, 0.6) is 0 Å². The molecule has 0 saturated heterocycles. The van der Waals surface area contributed by atoms with Crippen molar-refractivity contribution in [1.82, 2.24) is 0 Å². The van der Waals surface area contributed by atoms with Gasteiger partial charge in [0.15, 0.2) is 0 Å². The van der Waals surface area contributed by atoms with Crippen LogP contribution in [0, 0.1) is 0 Å². The van der Waals surface area contributed by atoms with Gasteiger partial charge in [-0.3, -0.25) is 0 Å². The third-order valence-corrected chi connectivity index (χ3v) is 7.34. The molecule has 0 aliphatic heterocycles. The largest absolute Gasteiger partial charge is 0.248 e. The Morgan fingerprint density at radius 2 is 1.00 bits per heavy atom. The van der Waals surface area contributed by atoms with Gasteiger partial charge in [-0.2, -0.15) is 0 Å². The monoisotopic (exact) mass is 515 g/mol. The second-order valence-electron chi connectivity index (χ2n) is 9.84. The van der Waals surface area contributed by atoms with Crippen LogP contribution >= 0.6 is 0 Å². The summed E-state index contributed by atoms with van der Waals surface area (Å²) in [5.74, 6) is 0. The van der Waals surface area contributed by atoms with Gasteiger partial charge in [-0.1, -0.05) is 153 Å². The van der Waals surface area contributed by atoms with E-state index in [1.54, 1.807) is 0 Å². The van der Waals surface area contributed by atoms with Gasteiger partial charge in [-0.25, -0.2) is 4.99 Å². The van der Waals surface area contributed by atoms with Crippen LogP contribution in [0.4, 0.5) is 0 Å². The van der Waals surface area contributed by atoms with Crippen LogP contribution < -0.4 is 0 Å². The van der Waals surface area contributed by atoms with Gasteiger partial charge in [0.05, 0.1) is 11.4 Å². The molecule has 5 rings (SSSR count). The fourth-order valence-electron chi connectivity index (χ4n) is 4.90. The van der Waals surface area contributed by atoms with Gasteiger partial charge in [-0.15, -0.1) is 0 Å². The standard InChI is InChI=1S/C39H33N/c1-5-31-14-12-13-19-38(31)28(2)29(3)39(37-26-24-36(25-27-37)34-17-10-7-11-18-34)40-30(4)32-20-22-35(23-21-32)33-15-8-6-9-16-33/h5-27H,1,4H2,2-3H3/b29-28+,40-39+. The maximum atomic E-state index is 5.16. The molecule has 0 saturated carbocycles. The van der Waals surface area contributed by atoms with Crippen LogP contribution in [-0.2, 0) is 0 Å². The molecule has 1 heteroatoms. The zero-order valence-corrected chi connectivity index (χ0v) is 23.1. The van der Waals surface area contributed by atoms with Crippen LogP contribution in [0.1, 0.15) is 36.1 Å². The van der Waals surface area contributed by atoms with E-state index in [1.807, 2.05) is 24.3 Å². The van der Waals surface area contributed by atoms with Crippen LogP contribution in [0.25, 0.3) is 39.6 Å². The molecule has 1 nitrogen and oxygen atoms in total. The Bertz CT molecular complexity index is 1690. The van der Waals surface area contributed by atoms with Crippen molar-refractivity contribution in [3.05, 3.63) is 174 Å². The molecule has 0 radical (unpaired) electrons. The second kappa shape index (κ2) is 12.2. The Balaban J connectivity index is 1.56. The van der Waals surface area contributed by atoms with E-state index in [-0.39, 0.29) is 0 Å². The fraction of sp³-hybridized carbons (Fsp3) is 0.0513. The van der Waals surface area contributed by atoms with E-state index in [2.05, 4.69) is 142 Å². The van der Waals surface area contributed by atoms with E-state index in [0.29, 0.717) is 0 Å². The molecule has 0 bridgehead atoms. The number of nitrogens with zero attached hydrogens (tertiary/aromatic N) is 1. The van der Waals surface area contributed by atoms with Gasteiger partial charge in [0.2, 0.25) is 0 Å². The average molecular weight is 516 g/mol. The molecule has 0 spiro atoms. The first-order chi connectivity index (χ1) is 19.5. The number of allylic oxidation sites excluding steroid dienone is 2. The SMILES string of the molecule is C=Cc1ccccc1/C(C)=C(C)/C(=N\C(=C)c1ccc(-c2ccccc2)cc1)c1ccc(-c2ccccc2)cc1. The first-order valence-electron chi connectivity index (χ1n) is 13.5. The molecule has 0 aliphatic rings. The van der Waals surface area contributed by atoms with Crippen molar-refractivity contribution in [3.63, 3.8) is 0 Å². The van der Waals surface area contributed by atoms with Crippen molar-refractivity contribution in [2.45, 2.75) is 13.8 Å². The highest BCUT2D eigenvalue weighted by Crippen LogP contribution is 2.29.